The minimum Gasteiger partial charge on any atom is -0.481 e. The van der Waals surface area contributed by atoms with Gasteiger partial charge in [-0.25, -0.2) is 0 Å². The van der Waals surface area contributed by atoms with E-state index in [1.165, 1.54) is 38.5 Å². The number of rotatable bonds is 5. The van der Waals surface area contributed by atoms with E-state index in [9.17, 15) is 4.79 Å². The van der Waals surface area contributed by atoms with E-state index < -0.39 is 5.97 Å². The molecule has 3 rings (SSSR count). The zero-order valence-electron chi connectivity index (χ0n) is 11.7. The van der Waals surface area contributed by atoms with Gasteiger partial charge in [0.2, 0.25) is 0 Å². The molecule has 19 heavy (non-hydrogen) atoms. The first kappa shape index (κ1) is 13.4. The number of nitrogens with one attached hydrogen (secondary N) is 1. The predicted molar refractivity (Wildman–Crippen MR) is 74.1 cm³/mol. The Bertz CT molecular complexity index is 324. The summed E-state index contributed by atoms with van der Waals surface area (Å²) in [5.41, 5.74) is 0. The van der Waals surface area contributed by atoms with Crippen molar-refractivity contribution in [2.24, 2.45) is 5.92 Å². The molecule has 2 aliphatic carbocycles. The molecule has 0 amide bonds. The third-order valence-electron chi connectivity index (χ3n) is 4.92. The molecule has 1 heterocycles. The monoisotopic (exact) mass is 266 g/mol. The fourth-order valence-electron chi connectivity index (χ4n) is 3.91. The summed E-state index contributed by atoms with van der Waals surface area (Å²) in [5.74, 6) is -0.299. The summed E-state index contributed by atoms with van der Waals surface area (Å²) in [7, 11) is 0. The number of likely N-dealkylation sites (tertiary alicyclic amines) is 1. The number of nitrogens with zero attached hydrogens (tertiary/aromatic N) is 1. The lowest BCUT2D eigenvalue weighted by Crippen LogP contribution is -2.52. The van der Waals surface area contributed by atoms with Crippen molar-refractivity contribution in [2.75, 3.05) is 13.1 Å². The fourth-order valence-corrected chi connectivity index (χ4v) is 3.91. The largest absolute Gasteiger partial charge is 0.481 e. The van der Waals surface area contributed by atoms with Crippen molar-refractivity contribution in [3.63, 3.8) is 0 Å². The van der Waals surface area contributed by atoms with Crippen LogP contribution in [0.25, 0.3) is 0 Å². The quantitative estimate of drug-likeness (QED) is 0.797. The summed E-state index contributed by atoms with van der Waals surface area (Å²) in [6, 6.07) is 1.96. The number of aliphatic carboxylic acids is 1. The molecule has 3 aliphatic rings. The molecule has 0 aromatic heterocycles. The van der Waals surface area contributed by atoms with Crippen molar-refractivity contribution in [3.8, 4) is 0 Å². The highest BCUT2D eigenvalue weighted by Gasteiger charge is 2.35. The summed E-state index contributed by atoms with van der Waals surface area (Å²) in [6.45, 7) is 2.14. The number of carboxylic acid groups (broad SMARTS) is 1. The molecule has 2 atom stereocenters. The van der Waals surface area contributed by atoms with Gasteiger partial charge in [-0.2, -0.15) is 0 Å². The van der Waals surface area contributed by atoms with Crippen LogP contribution in [0.5, 0.6) is 0 Å². The Morgan fingerprint density at radius 2 is 1.84 bits per heavy atom. The molecule has 4 nitrogen and oxygen atoms in total. The van der Waals surface area contributed by atoms with Crippen LogP contribution in [0.2, 0.25) is 0 Å². The summed E-state index contributed by atoms with van der Waals surface area (Å²) >= 11 is 0. The third-order valence-corrected chi connectivity index (χ3v) is 4.92. The topological polar surface area (TPSA) is 52.6 Å². The summed E-state index contributed by atoms with van der Waals surface area (Å²) in [6.07, 6.45) is 9.34. The molecule has 2 unspecified atom stereocenters. The van der Waals surface area contributed by atoms with Gasteiger partial charge in [0.05, 0.1) is 0 Å². The van der Waals surface area contributed by atoms with Crippen molar-refractivity contribution < 1.29 is 9.90 Å². The van der Waals surface area contributed by atoms with Gasteiger partial charge in [0.25, 0.3) is 0 Å². The molecule has 0 bridgehead atoms. The van der Waals surface area contributed by atoms with E-state index in [1.54, 1.807) is 0 Å². The third kappa shape index (κ3) is 3.69. The molecule has 4 heteroatoms. The average Bonchev–Trinajstić information content (AvgIpc) is 2.99. The molecule has 0 spiro atoms. The van der Waals surface area contributed by atoms with Gasteiger partial charge in [0.15, 0.2) is 0 Å². The number of hydrogen-bond acceptors (Lipinski definition) is 3. The normalized spacial score (nSPS) is 33.7. The zero-order chi connectivity index (χ0) is 13.2. The fraction of sp³-hybridized carbons (Fsp3) is 0.933. The molecule has 0 aromatic carbocycles. The number of piperidine rings is 1. The highest BCUT2D eigenvalue weighted by molar-refractivity contribution is 5.67. The second-order valence-corrected chi connectivity index (χ2v) is 6.73. The van der Waals surface area contributed by atoms with Crippen LogP contribution in [0, 0.1) is 5.92 Å². The Morgan fingerprint density at radius 1 is 1.11 bits per heavy atom. The highest BCUT2D eigenvalue weighted by Crippen LogP contribution is 2.30. The molecule has 3 fully saturated rings. The SMILES string of the molecule is O=C(O)CC1CC(NC2CC2)CN(C2CCCC2)C1. The molecule has 2 saturated carbocycles. The van der Waals surface area contributed by atoms with Gasteiger partial charge in [-0.3, -0.25) is 9.69 Å². The molecule has 0 radical (unpaired) electrons. The number of carbonyl (C=O) groups is 1. The van der Waals surface area contributed by atoms with Gasteiger partial charge in [0, 0.05) is 37.6 Å². The van der Waals surface area contributed by atoms with Crippen LogP contribution in [0.1, 0.15) is 51.4 Å². The van der Waals surface area contributed by atoms with Crippen LogP contribution in [0.15, 0.2) is 0 Å². The Labute approximate surface area is 115 Å². The van der Waals surface area contributed by atoms with Gasteiger partial charge in [0.1, 0.15) is 0 Å². The van der Waals surface area contributed by atoms with E-state index in [0.29, 0.717) is 18.4 Å². The Morgan fingerprint density at radius 3 is 2.47 bits per heavy atom. The first-order valence-corrected chi connectivity index (χ1v) is 7.92. The van der Waals surface area contributed by atoms with E-state index in [-0.39, 0.29) is 0 Å². The van der Waals surface area contributed by atoms with Crippen LogP contribution >= 0.6 is 0 Å². The predicted octanol–water partition coefficient (Wildman–Crippen LogP) is 1.85. The highest BCUT2D eigenvalue weighted by atomic mass is 16.4. The molecule has 2 N–H and O–H groups in total. The van der Waals surface area contributed by atoms with Crippen LogP contribution in [-0.2, 0) is 4.79 Å². The van der Waals surface area contributed by atoms with E-state index in [1.807, 2.05) is 0 Å². The first-order valence-electron chi connectivity index (χ1n) is 7.92. The van der Waals surface area contributed by atoms with Crippen LogP contribution in [-0.4, -0.2) is 47.2 Å². The Kier molecular flexibility index (Phi) is 4.08. The lowest BCUT2D eigenvalue weighted by Gasteiger charge is -2.41. The van der Waals surface area contributed by atoms with E-state index in [2.05, 4.69) is 10.2 Å². The standard InChI is InChI=1S/C15H26N2O2/c18-15(19)8-11-7-13(16-12-5-6-12)10-17(9-11)14-3-1-2-4-14/h11-14,16H,1-10H2,(H,18,19). The molecular weight excluding hydrogens is 240 g/mol. The number of carboxylic acids is 1. The van der Waals surface area contributed by atoms with E-state index >= 15 is 0 Å². The molecule has 1 aliphatic heterocycles. The minimum atomic E-state index is -0.636. The second-order valence-electron chi connectivity index (χ2n) is 6.73. The van der Waals surface area contributed by atoms with Gasteiger partial charge in [-0.15, -0.1) is 0 Å². The summed E-state index contributed by atoms with van der Waals surface area (Å²) in [5, 5.41) is 12.8. The average molecular weight is 266 g/mol. The lowest BCUT2D eigenvalue weighted by atomic mass is 9.90. The summed E-state index contributed by atoms with van der Waals surface area (Å²) < 4.78 is 0. The lowest BCUT2D eigenvalue weighted by molar-refractivity contribution is -0.138. The van der Waals surface area contributed by atoms with Gasteiger partial charge in [-0.05, 0) is 38.0 Å². The van der Waals surface area contributed by atoms with Crippen molar-refractivity contribution >= 4 is 5.97 Å². The van der Waals surface area contributed by atoms with Crippen LogP contribution in [0.4, 0.5) is 0 Å². The summed E-state index contributed by atoms with van der Waals surface area (Å²) in [4.78, 5) is 13.6. The van der Waals surface area contributed by atoms with Crippen LogP contribution < -0.4 is 5.32 Å². The maximum absolute atomic E-state index is 11.0. The molecule has 1 saturated heterocycles. The molecular formula is C15H26N2O2. The van der Waals surface area contributed by atoms with Gasteiger partial charge >= 0.3 is 5.97 Å². The zero-order valence-corrected chi connectivity index (χ0v) is 11.7. The molecule has 108 valence electrons. The van der Waals surface area contributed by atoms with Crippen molar-refractivity contribution in [1.29, 1.82) is 0 Å². The first-order chi connectivity index (χ1) is 9.20. The smallest absolute Gasteiger partial charge is 0.303 e. The maximum atomic E-state index is 11.0. The minimum absolute atomic E-state index is 0.336. The Balaban J connectivity index is 1.60. The number of hydrogen-bond donors (Lipinski definition) is 2. The van der Waals surface area contributed by atoms with Crippen molar-refractivity contribution in [3.05, 3.63) is 0 Å². The second kappa shape index (κ2) is 5.80. The Hall–Kier alpha value is -0.610. The van der Waals surface area contributed by atoms with Crippen LogP contribution in [0.3, 0.4) is 0 Å². The van der Waals surface area contributed by atoms with E-state index in [0.717, 1.165) is 31.6 Å². The van der Waals surface area contributed by atoms with E-state index in [4.69, 9.17) is 5.11 Å². The maximum Gasteiger partial charge on any atom is 0.303 e. The van der Waals surface area contributed by atoms with Gasteiger partial charge in [-0.1, -0.05) is 12.8 Å². The van der Waals surface area contributed by atoms with Crippen molar-refractivity contribution in [1.82, 2.24) is 10.2 Å². The van der Waals surface area contributed by atoms with Gasteiger partial charge < -0.3 is 10.4 Å². The van der Waals surface area contributed by atoms with Crippen molar-refractivity contribution in [2.45, 2.75) is 69.5 Å². The molecule has 0 aromatic rings.